The Morgan fingerprint density at radius 2 is 1.89 bits per heavy atom. The van der Waals surface area contributed by atoms with Crippen LogP contribution in [0.4, 0.5) is 5.69 Å². The van der Waals surface area contributed by atoms with Gasteiger partial charge in [-0.1, -0.05) is 25.0 Å². The van der Waals surface area contributed by atoms with Gasteiger partial charge in [-0.25, -0.2) is 0 Å². The Bertz CT molecular complexity index is 380. The molecule has 0 heterocycles. The lowest BCUT2D eigenvalue weighted by Crippen LogP contribution is -2.25. The van der Waals surface area contributed by atoms with Gasteiger partial charge in [0.25, 0.3) is 5.91 Å². The van der Waals surface area contributed by atoms with Crippen molar-refractivity contribution in [1.29, 1.82) is 0 Å². The van der Waals surface area contributed by atoms with Gasteiger partial charge in [0, 0.05) is 25.4 Å². The van der Waals surface area contributed by atoms with E-state index >= 15 is 0 Å². The summed E-state index contributed by atoms with van der Waals surface area (Å²) in [7, 11) is 0. The lowest BCUT2D eigenvalue weighted by atomic mass is 10.1. The number of benzene rings is 1. The molecule has 4 nitrogen and oxygen atoms in total. The van der Waals surface area contributed by atoms with Crippen LogP contribution in [0.1, 0.15) is 43.0 Å². The number of rotatable bonds is 9. The van der Waals surface area contributed by atoms with E-state index in [9.17, 15) is 4.79 Å². The van der Waals surface area contributed by atoms with E-state index in [1.165, 1.54) is 0 Å². The van der Waals surface area contributed by atoms with E-state index in [4.69, 9.17) is 5.11 Å². The molecule has 0 spiro atoms. The van der Waals surface area contributed by atoms with E-state index in [2.05, 4.69) is 10.6 Å². The highest BCUT2D eigenvalue weighted by Crippen LogP contribution is 2.14. The quantitative estimate of drug-likeness (QED) is 0.600. The first-order valence-corrected chi connectivity index (χ1v) is 7.01. The number of unbranched alkanes of at least 4 members (excludes halogenated alkanes) is 3. The number of hydrogen-bond acceptors (Lipinski definition) is 3. The van der Waals surface area contributed by atoms with E-state index in [0.717, 1.165) is 37.9 Å². The molecule has 1 amide bonds. The Morgan fingerprint density at radius 3 is 2.63 bits per heavy atom. The Hall–Kier alpha value is -1.55. The number of carbonyl (C=O) groups excluding carboxylic acids is 1. The van der Waals surface area contributed by atoms with Crippen LogP contribution in [-0.4, -0.2) is 30.7 Å². The van der Waals surface area contributed by atoms with Gasteiger partial charge in [-0.15, -0.1) is 0 Å². The van der Waals surface area contributed by atoms with Gasteiger partial charge in [0.05, 0.1) is 5.56 Å². The maximum atomic E-state index is 12.0. The third-order valence-corrected chi connectivity index (χ3v) is 2.91. The largest absolute Gasteiger partial charge is 0.396 e. The monoisotopic (exact) mass is 264 g/mol. The summed E-state index contributed by atoms with van der Waals surface area (Å²) in [4.78, 5) is 12.0. The zero-order valence-corrected chi connectivity index (χ0v) is 11.6. The van der Waals surface area contributed by atoms with Crippen LogP contribution in [-0.2, 0) is 0 Å². The fourth-order valence-electron chi connectivity index (χ4n) is 1.91. The molecular formula is C15H24N2O2. The van der Waals surface area contributed by atoms with Crippen LogP contribution < -0.4 is 10.6 Å². The first kappa shape index (κ1) is 15.5. The predicted molar refractivity (Wildman–Crippen MR) is 78.5 cm³/mol. The Morgan fingerprint density at radius 1 is 1.16 bits per heavy atom. The second kappa shape index (κ2) is 9.39. The summed E-state index contributed by atoms with van der Waals surface area (Å²) in [6, 6.07) is 7.54. The Balaban J connectivity index is 2.36. The highest BCUT2D eigenvalue weighted by molar-refractivity contribution is 5.99. The van der Waals surface area contributed by atoms with Crippen LogP contribution in [0, 0.1) is 0 Å². The van der Waals surface area contributed by atoms with Crippen LogP contribution in [0.25, 0.3) is 0 Å². The zero-order valence-electron chi connectivity index (χ0n) is 11.6. The summed E-state index contributed by atoms with van der Waals surface area (Å²) in [5.74, 6) is -0.0290. The highest BCUT2D eigenvalue weighted by Gasteiger charge is 2.09. The fraction of sp³-hybridized carbons (Fsp3) is 0.533. The predicted octanol–water partition coefficient (Wildman–Crippen LogP) is 2.40. The molecule has 106 valence electrons. The standard InChI is InChI=1S/C15H24N2O2/c1-2-16-14-10-6-5-9-13(14)15(19)17-11-7-3-4-8-12-18/h5-6,9-10,16,18H,2-4,7-8,11-12H2,1H3,(H,17,19). The maximum absolute atomic E-state index is 12.0. The number of anilines is 1. The normalized spacial score (nSPS) is 10.2. The summed E-state index contributed by atoms with van der Waals surface area (Å²) in [5.41, 5.74) is 1.57. The number of aliphatic hydroxyl groups is 1. The smallest absolute Gasteiger partial charge is 0.253 e. The number of nitrogens with one attached hydrogen (secondary N) is 2. The number of aliphatic hydroxyl groups excluding tert-OH is 1. The molecule has 1 aromatic rings. The van der Waals surface area contributed by atoms with Crippen molar-refractivity contribution in [2.75, 3.05) is 25.0 Å². The molecule has 0 bridgehead atoms. The summed E-state index contributed by atoms with van der Waals surface area (Å²) in [6.45, 7) is 3.74. The SMILES string of the molecule is CCNc1ccccc1C(=O)NCCCCCCO. The van der Waals surface area contributed by atoms with Crippen molar-refractivity contribution in [2.45, 2.75) is 32.6 Å². The minimum atomic E-state index is -0.0290. The number of para-hydroxylation sites is 1. The topological polar surface area (TPSA) is 61.4 Å². The van der Waals surface area contributed by atoms with E-state index in [0.29, 0.717) is 12.1 Å². The molecule has 0 saturated carbocycles. The second-order valence-corrected chi connectivity index (χ2v) is 4.47. The molecule has 0 aliphatic heterocycles. The van der Waals surface area contributed by atoms with Crippen molar-refractivity contribution < 1.29 is 9.90 Å². The second-order valence-electron chi connectivity index (χ2n) is 4.47. The molecule has 0 radical (unpaired) electrons. The van der Waals surface area contributed by atoms with Gasteiger partial charge in [0.2, 0.25) is 0 Å². The first-order chi connectivity index (χ1) is 9.29. The van der Waals surface area contributed by atoms with Crippen molar-refractivity contribution >= 4 is 11.6 Å². The average Bonchev–Trinajstić information content (AvgIpc) is 2.43. The molecule has 0 aliphatic rings. The Labute approximate surface area is 115 Å². The van der Waals surface area contributed by atoms with Crippen LogP contribution >= 0.6 is 0 Å². The van der Waals surface area contributed by atoms with Crippen molar-refractivity contribution in [3.63, 3.8) is 0 Å². The van der Waals surface area contributed by atoms with Gasteiger partial charge in [-0.2, -0.15) is 0 Å². The van der Waals surface area contributed by atoms with Gasteiger partial charge in [0.15, 0.2) is 0 Å². The minimum absolute atomic E-state index is 0.0290. The lowest BCUT2D eigenvalue weighted by Gasteiger charge is -2.10. The number of carbonyl (C=O) groups is 1. The van der Waals surface area contributed by atoms with Crippen LogP contribution in [0.3, 0.4) is 0 Å². The summed E-state index contributed by atoms with van der Waals surface area (Å²) in [6.07, 6.45) is 3.85. The fourth-order valence-corrected chi connectivity index (χ4v) is 1.91. The van der Waals surface area contributed by atoms with E-state index in [-0.39, 0.29) is 12.5 Å². The molecule has 0 aliphatic carbocycles. The molecule has 1 aromatic carbocycles. The van der Waals surface area contributed by atoms with Crippen molar-refractivity contribution in [2.24, 2.45) is 0 Å². The third kappa shape index (κ3) is 5.75. The van der Waals surface area contributed by atoms with Crippen molar-refractivity contribution in [3.05, 3.63) is 29.8 Å². The molecule has 0 aromatic heterocycles. The zero-order chi connectivity index (χ0) is 13.9. The molecule has 0 saturated heterocycles. The average molecular weight is 264 g/mol. The molecule has 1 rings (SSSR count). The van der Waals surface area contributed by atoms with Crippen LogP contribution in [0.2, 0.25) is 0 Å². The van der Waals surface area contributed by atoms with Crippen molar-refractivity contribution in [1.82, 2.24) is 5.32 Å². The van der Waals surface area contributed by atoms with Crippen LogP contribution in [0.5, 0.6) is 0 Å². The molecule has 3 N–H and O–H groups in total. The van der Waals surface area contributed by atoms with Gasteiger partial charge in [-0.05, 0) is 31.9 Å². The summed E-state index contributed by atoms with van der Waals surface area (Å²) >= 11 is 0. The van der Waals surface area contributed by atoms with Gasteiger partial charge < -0.3 is 15.7 Å². The Kier molecular flexibility index (Phi) is 7.66. The molecule has 0 fully saturated rings. The maximum Gasteiger partial charge on any atom is 0.253 e. The minimum Gasteiger partial charge on any atom is -0.396 e. The highest BCUT2D eigenvalue weighted by atomic mass is 16.2. The molecular weight excluding hydrogens is 240 g/mol. The first-order valence-electron chi connectivity index (χ1n) is 7.01. The molecule has 0 atom stereocenters. The summed E-state index contributed by atoms with van der Waals surface area (Å²) < 4.78 is 0. The van der Waals surface area contributed by atoms with Gasteiger partial charge >= 0.3 is 0 Å². The van der Waals surface area contributed by atoms with Crippen LogP contribution in [0.15, 0.2) is 24.3 Å². The molecule has 0 unspecified atom stereocenters. The summed E-state index contributed by atoms with van der Waals surface area (Å²) in [5, 5.41) is 14.8. The van der Waals surface area contributed by atoms with E-state index in [1.54, 1.807) is 0 Å². The van der Waals surface area contributed by atoms with E-state index in [1.807, 2.05) is 31.2 Å². The number of amides is 1. The third-order valence-electron chi connectivity index (χ3n) is 2.91. The number of hydrogen-bond donors (Lipinski definition) is 3. The van der Waals surface area contributed by atoms with E-state index < -0.39 is 0 Å². The molecule has 19 heavy (non-hydrogen) atoms. The molecule has 4 heteroatoms. The van der Waals surface area contributed by atoms with Gasteiger partial charge in [0.1, 0.15) is 0 Å². The van der Waals surface area contributed by atoms with Gasteiger partial charge in [-0.3, -0.25) is 4.79 Å². The lowest BCUT2D eigenvalue weighted by molar-refractivity contribution is 0.0953. The van der Waals surface area contributed by atoms with Crippen molar-refractivity contribution in [3.8, 4) is 0 Å².